The first-order valence-corrected chi connectivity index (χ1v) is 9.45. The van der Waals surface area contributed by atoms with E-state index in [4.69, 9.17) is 9.47 Å². The van der Waals surface area contributed by atoms with Crippen LogP contribution in [0.25, 0.3) is 6.08 Å². The Morgan fingerprint density at radius 2 is 1.85 bits per heavy atom. The quantitative estimate of drug-likeness (QED) is 0.608. The number of nitrogens with zero attached hydrogens (tertiary/aromatic N) is 1. The highest BCUT2D eigenvalue weighted by Crippen LogP contribution is 2.39. The van der Waals surface area contributed by atoms with Gasteiger partial charge in [0.25, 0.3) is 11.1 Å². The molecule has 0 aliphatic carbocycles. The number of hydrogen-bond donors (Lipinski definition) is 0. The predicted molar refractivity (Wildman–Crippen MR) is 105 cm³/mol. The van der Waals surface area contributed by atoms with Crippen molar-refractivity contribution in [3.05, 3.63) is 62.7 Å². The molecule has 0 saturated carbocycles. The van der Waals surface area contributed by atoms with Crippen LogP contribution in [0.15, 0.2) is 45.8 Å². The van der Waals surface area contributed by atoms with Crippen LogP contribution in [0, 0.1) is 5.82 Å². The van der Waals surface area contributed by atoms with E-state index in [1.165, 1.54) is 26.4 Å². The third-order valence-electron chi connectivity index (χ3n) is 3.88. The average molecular weight is 452 g/mol. The first-order chi connectivity index (χ1) is 12.9. The number of carbonyl (C=O) groups is 2. The van der Waals surface area contributed by atoms with Gasteiger partial charge in [-0.25, -0.2) is 4.39 Å². The largest absolute Gasteiger partial charge is 0.493 e. The smallest absolute Gasteiger partial charge is 0.293 e. The molecule has 0 aromatic heterocycles. The van der Waals surface area contributed by atoms with Gasteiger partial charge < -0.3 is 9.47 Å². The maximum absolute atomic E-state index is 13.0. The van der Waals surface area contributed by atoms with Crippen molar-refractivity contribution in [2.45, 2.75) is 6.54 Å². The average Bonchev–Trinajstić information content (AvgIpc) is 2.90. The Morgan fingerprint density at radius 1 is 1.15 bits per heavy atom. The molecule has 140 valence electrons. The van der Waals surface area contributed by atoms with Crippen molar-refractivity contribution in [3.8, 4) is 11.5 Å². The molecule has 0 N–H and O–H groups in total. The van der Waals surface area contributed by atoms with E-state index in [1.807, 2.05) is 0 Å². The number of benzene rings is 2. The highest BCUT2D eigenvalue weighted by Gasteiger charge is 2.35. The van der Waals surface area contributed by atoms with E-state index in [2.05, 4.69) is 15.9 Å². The first-order valence-electron chi connectivity index (χ1n) is 7.84. The highest BCUT2D eigenvalue weighted by atomic mass is 79.9. The van der Waals surface area contributed by atoms with E-state index in [1.54, 1.807) is 30.3 Å². The van der Waals surface area contributed by atoms with Gasteiger partial charge in [0.15, 0.2) is 11.5 Å². The molecule has 0 unspecified atom stereocenters. The molecular weight excluding hydrogens is 437 g/mol. The summed E-state index contributed by atoms with van der Waals surface area (Å²) in [6.07, 6.45) is 1.63. The summed E-state index contributed by atoms with van der Waals surface area (Å²) in [4.78, 5) is 26.3. The minimum absolute atomic E-state index is 0.0952. The number of halogens is 2. The van der Waals surface area contributed by atoms with Crippen LogP contribution in [-0.2, 0) is 11.3 Å². The molecular formula is C19H15BrFNO4S. The molecule has 3 rings (SSSR count). The molecule has 8 heteroatoms. The molecule has 0 spiro atoms. The van der Waals surface area contributed by atoms with Crippen molar-refractivity contribution in [3.63, 3.8) is 0 Å². The number of imide groups is 1. The van der Waals surface area contributed by atoms with E-state index in [9.17, 15) is 14.0 Å². The lowest BCUT2D eigenvalue weighted by molar-refractivity contribution is -0.123. The first kappa shape index (κ1) is 19.4. The fraction of sp³-hybridized carbons (Fsp3) is 0.158. The van der Waals surface area contributed by atoms with Crippen LogP contribution in [-0.4, -0.2) is 30.3 Å². The van der Waals surface area contributed by atoms with E-state index in [0.29, 0.717) is 32.0 Å². The summed E-state index contributed by atoms with van der Waals surface area (Å²) in [5, 5.41) is -0.366. The van der Waals surface area contributed by atoms with E-state index < -0.39 is 0 Å². The second-order valence-electron chi connectivity index (χ2n) is 5.63. The number of rotatable bonds is 5. The number of methoxy groups -OCH3 is 2. The second kappa shape index (κ2) is 8.14. The van der Waals surface area contributed by atoms with Gasteiger partial charge in [0, 0.05) is 0 Å². The van der Waals surface area contributed by atoms with Crippen LogP contribution in [0.1, 0.15) is 11.1 Å². The zero-order chi connectivity index (χ0) is 19.6. The molecule has 1 aliphatic rings. The van der Waals surface area contributed by atoms with Crippen LogP contribution in [0.2, 0.25) is 0 Å². The molecule has 0 radical (unpaired) electrons. The monoisotopic (exact) mass is 451 g/mol. The summed E-state index contributed by atoms with van der Waals surface area (Å²) in [5.74, 6) is 0.287. The summed E-state index contributed by atoms with van der Waals surface area (Å²) in [5.41, 5.74) is 1.36. The number of ether oxygens (including phenoxy) is 2. The van der Waals surface area contributed by atoms with Crippen LogP contribution in [0.5, 0.6) is 11.5 Å². The van der Waals surface area contributed by atoms with Crippen molar-refractivity contribution >= 4 is 44.9 Å². The lowest BCUT2D eigenvalue weighted by Crippen LogP contribution is -2.27. The Bertz CT molecular complexity index is 930. The van der Waals surface area contributed by atoms with Crippen LogP contribution in [0.3, 0.4) is 0 Å². The van der Waals surface area contributed by atoms with Gasteiger partial charge in [0.1, 0.15) is 5.82 Å². The predicted octanol–water partition coefficient (Wildman–Crippen LogP) is 4.84. The van der Waals surface area contributed by atoms with E-state index in [0.717, 1.165) is 16.7 Å². The Balaban J connectivity index is 1.86. The van der Waals surface area contributed by atoms with Gasteiger partial charge in [-0.1, -0.05) is 12.1 Å². The Kier molecular flexibility index (Phi) is 5.86. The number of thioether (sulfide) groups is 1. The molecule has 2 amide bonds. The molecule has 1 aliphatic heterocycles. The summed E-state index contributed by atoms with van der Waals surface area (Å²) in [6.45, 7) is 0.0952. The summed E-state index contributed by atoms with van der Waals surface area (Å²) in [6, 6.07) is 9.19. The van der Waals surface area contributed by atoms with Crippen LogP contribution < -0.4 is 9.47 Å². The van der Waals surface area contributed by atoms with Crippen molar-refractivity contribution in [1.29, 1.82) is 0 Å². The van der Waals surface area contributed by atoms with Crippen LogP contribution in [0.4, 0.5) is 9.18 Å². The molecule has 1 saturated heterocycles. The molecule has 2 aromatic rings. The second-order valence-corrected chi connectivity index (χ2v) is 7.48. The van der Waals surface area contributed by atoms with Gasteiger partial charge in [-0.3, -0.25) is 14.5 Å². The maximum atomic E-state index is 13.0. The number of carbonyl (C=O) groups excluding carboxylic acids is 2. The third-order valence-corrected chi connectivity index (χ3v) is 5.38. The van der Waals surface area contributed by atoms with Gasteiger partial charge >= 0.3 is 0 Å². The molecule has 1 fully saturated rings. The topological polar surface area (TPSA) is 55.8 Å². The van der Waals surface area contributed by atoms with Crippen molar-refractivity contribution in [2.75, 3.05) is 14.2 Å². The van der Waals surface area contributed by atoms with E-state index in [-0.39, 0.29) is 23.5 Å². The summed E-state index contributed by atoms with van der Waals surface area (Å²) < 4.78 is 24.3. The maximum Gasteiger partial charge on any atom is 0.293 e. The normalized spacial score (nSPS) is 15.6. The summed E-state index contributed by atoms with van der Waals surface area (Å²) >= 11 is 4.27. The zero-order valence-corrected chi connectivity index (χ0v) is 16.9. The van der Waals surface area contributed by atoms with Crippen molar-refractivity contribution in [2.24, 2.45) is 0 Å². The molecule has 5 nitrogen and oxygen atoms in total. The molecule has 0 bridgehead atoms. The fourth-order valence-corrected chi connectivity index (χ4v) is 4.04. The molecule has 1 heterocycles. The molecule has 27 heavy (non-hydrogen) atoms. The van der Waals surface area contributed by atoms with Gasteiger partial charge in [-0.05, 0) is 69.2 Å². The number of hydrogen-bond acceptors (Lipinski definition) is 5. The van der Waals surface area contributed by atoms with Gasteiger partial charge in [-0.2, -0.15) is 0 Å². The van der Waals surface area contributed by atoms with Crippen LogP contribution >= 0.6 is 27.7 Å². The summed E-state index contributed by atoms with van der Waals surface area (Å²) in [7, 11) is 3.05. The van der Waals surface area contributed by atoms with Crippen molar-refractivity contribution in [1.82, 2.24) is 4.90 Å². The fourth-order valence-electron chi connectivity index (χ4n) is 2.58. The zero-order valence-electron chi connectivity index (χ0n) is 14.5. The third kappa shape index (κ3) is 4.17. The minimum Gasteiger partial charge on any atom is -0.493 e. The molecule has 2 aromatic carbocycles. The van der Waals surface area contributed by atoms with Gasteiger partial charge in [0.05, 0.1) is 30.1 Å². The Morgan fingerprint density at radius 3 is 2.48 bits per heavy atom. The lowest BCUT2D eigenvalue weighted by atomic mass is 10.1. The lowest BCUT2D eigenvalue weighted by Gasteiger charge is -2.12. The number of amides is 2. The van der Waals surface area contributed by atoms with Gasteiger partial charge in [-0.15, -0.1) is 0 Å². The molecule has 0 atom stereocenters. The highest BCUT2D eigenvalue weighted by molar-refractivity contribution is 9.10. The Hall–Kier alpha value is -2.32. The van der Waals surface area contributed by atoms with Crippen molar-refractivity contribution < 1.29 is 23.5 Å². The SMILES string of the molecule is COc1cc(C=C2SC(=O)N(Cc3ccc(F)cc3)C2=O)cc(Br)c1OC. The van der Waals surface area contributed by atoms with Gasteiger partial charge in [0.2, 0.25) is 0 Å². The Labute approximate surface area is 168 Å². The standard InChI is InChI=1S/C19H15BrFNO4S/c1-25-15-8-12(7-14(20)17(15)26-2)9-16-18(23)22(19(24)27-16)10-11-3-5-13(21)6-4-11/h3-9H,10H2,1-2H3. The minimum atomic E-state index is -0.389. The van der Waals surface area contributed by atoms with E-state index >= 15 is 0 Å².